The number of unbranched alkanes of at least 4 members (excludes halogenated alkanes) is 28. The van der Waals surface area contributed by atoms with Crippen molar-refractivity contribution in [3.63, 3.8) is 0 Å². The summed E-state index contributed by atoms with van der Waals surface area (Å²) in [6.45, 7) is 14.0. The lowest BCUT2D eigenvalue weighted by Crippen LogP contribution is -2.30. The van der Waals surface area contributed by atoms with Crippen LogP contribution < -0.4 is 0 Å². The lowest BCUT2D eigenvalue weighted by molar-refractivity contribution is -0.161. The van der Waals surface area contributed by atoms with E-state index < -0.39 is 97.5 Å². The highest BCUT2D eigenvalue weighted by atomic mass is 31.2. The van der Waals surface area contributed by atoms with Gasteiger partial charge in [0.1, 0.15) is 19.3 Å². The van der Waals surface area contributed by atoms with Gasteiger partial charge < -0.3 is 33.8 Å². The lowest BCUT2D eigenvalue weighted by Gasteiger charge is -2.21. The summed E-state index contributed by atoms with van der Waals surface area (Å²) >= 11 is 0. The molecule has 0 aromatic carbocycles. The van der Waals surface area contributed by atoms with Crippen molar-refractivity contribution in [3.05, 3.63) is 0 Å². The molecule has 0 aromatic rings. The molecule has 0 spiro atoms. The summed E-state index contributed by atoms with van der Waals surface area (Å²) in [5.41, 5.74) is 0. The average molecular weight is 1270 g/mol. The minimum absolute atomic E-state index is 0.104. The topological polar surface area (TPSA) is 237 Å². The van der Waals surface area contributed by atoms with E-state index in [2.05, 4.69) is 55.4 Å². The highest BCUT2D eigenvalue weighted by Gasteiger charge is 2.30. The highest BCUT2D eigenvalue weighted by molar-refractivity contribution is 7.47. The number of aliphatic hydroxyl groups is 1. The Morgan fingerprint density at radius 2 is 0.558 bits per heavy atom. The maximum Gasteiger partial charge on any atom is 0.472 e. The molecule has 0 bridgehead atoms. The Hall–Kier alpha value is -1.94. The molecule has 7 atom stereocenters. The van der Waals surface area contributed by atoms with Crippen molar-refractivity contribution in [1.29, 1.82) is 0 Å². The zero-order valence-electron chi connectivity index (χ0n) is 55.9. The zero-order chi connectivity index (χ0) is 63.9. The number of aliphatic hydroxyl groups excluding tert-OH is 1. The van der Waals surface area contributed by atoms with Crippen LogP contribution in [0.4, 0.5) is 0 Å². The van der Waals surface area contributed by atoms with E-state index in [0.29, 0.717) is 25.7 Å². The molecule has 0 aliphatic rings. The molecule has 17 nitrogen and oxygen atoms in total. The molecule has 0 rings (SSSR count). The zero-order valence-corrected chi connectivity index (χ0v) is 57.7. The molecule has 0 aliphatic heterocycles. The monoisotopic (exact) mass is 1270 g/mol. The fraction of sp³-hybridized carbons (Fsp3) is 0.940. The molecular weight excluding hydrogens is 1140 g/mol. The van der Waals surface area contributed by atoms with Crippen molar-refractivity contribution >= 4 is 39.5 Å². The molecule has 0 fully saturated rings. The molecule has 86 heavy (non-hydrogen) atoms. The molecule has 4 unspecified atom stereocenters. The third kappa shape index (κ3) is 58.4. The van der Waals surface area contributed by atoms with E-state index in [1.807, 2.05) is 0 Å². The fourth-order valence-corrected chi connectivity index (χ4v) is 11.5. The molecule has 0 amide bonds. The summed E-state index contributed by atoms with van der Waals surface area (Å²) in [4.78, 5) is 72.4. The van der Waals surface area contributed by atoms with E-state index in [0.717, 1.165) is 120 Å². The van der Waals surface area contributed by atoms with Crippen LogP contribution in [0, 0.1) is 23.7 Å². The van der Waals surface area contributed by atoms with Crippen LogP contribution in [0.3, 0.4) is 0 Å². The molecule has 0 aliphatic carbocycles. The van der Waals surface area contributed by atoms with E-state index in [4.69, 9.17) is 37.0 Å². The van der Waals surface area contributed by atoms with Gasteiger partial charge >= 0.3 is 39.5 Å². The molecule has 510 valence electrons. The smallest absolute Gasteiger partial charge is 0.462 e. The first-order valence-corrected chi connectivity index (χ1v) is 37.8. The molecule has 3 N–H and O–H groups in total. The van der Waals surface area contributed by atoms with Gasteiger partial charge in [0.2, 0.25) is 0 Å². The predicted octanol–water partition coefficient (Wildman–Crippen LogP) is 18.5. The number of esters is 4. The van der Waals surface area contributed by atoms with Gasteiger partial charge in [0.25, 0.3) is 0 Å². The summed E-state index contributed by atoms with van der Waals surface area (Å²) in [5, 5.41) is 10.6. The quantitative estimate of drug-likeness (QED) is 0.0222. The van der Waals surface area contributed by atoms with Gasteiger partial charge in [-0.1, -0.05) is 274 Å². The van der Waals surface area contributed by atoms with Gasteiger partial charge in [0, 0.05) is 25.7 Å². The predicted molar refractivity (Wildman–Crippen MR) is 344 cm³/mol. The second-order valence-corrected chi connectivity index (χ2v) is 28.6. The number of carbonyl (C=O) groups excluding carboxylic acids is 4. The first-order chi connectivity index (χ1) is 41.2. The van der Waals surface area contributed by atoms with Gasteiger partial charge in [0.05, 0.1) is 26.4 Å². The SMILES string of the molecule is CCC(C)CCCCCCCCCCC(=O)O[C@H](COC(=O)CCCCCCCCCCCC(C)C)COP(=O)(O)OC[C@@H](O)COP(=O)(O)OC[C@@H](COC(=O)CCCCCCCCC(C)CC)OC(=O)CCCCCCCCCCCC(C)C. The lowest BCUT2D eigenvalue weighted by atomic mass is 9.99. The minimum Gasteiger partial charge on any atom is -0.462 e. The molecule has 0 aromatic heterocycles. The molecule has 0 saturated heterocycles. The Balaban J connectivity index is 5.27. The van der Waals surface area contributed by atoms with Crippen molar-refractivity contribution in [2.24, 2.45) is 23.7 Å². The fourth-order valence-electron chi connectivity index (χ4n) is 9.89. The van der Waals surface area contributed by atoms with Crippen LogP contribution in [0.5, 0.6) is 0 Å². The Kier molecular flexibility index (Phi) is 55.7. The first-order valence-electron chi connectivity index (χ1n) is 34.8. The number of hydrogen-bond acceptors (Lipinski definition) is 15. The normalized spacial score (nSPS) is 15.0. The average Bonchev–Trinajstić information content (AvgIpc) is 3.67. The van der Waals surface area contributed by atoms with Crippen LogP contribution in [-0.2, 0) is 65.4 Å². The number of rotatable bonds is 64. The second kappa shape index (κ2) is 57.0. The van der Waals surface area contributed by atoms with Crippen molar-refractivity contribution in [3.8, 4) is 0 Å². The summed E-state index contributed by atoms with van der Waals surface area (Å²) in [6.07, 6.45) is 37.5. The second-order valence-electron chi connectivity index (χ2n) is 25.6. The number of carbonyl (C=O) groups is 4. The summed E-state index contributed by atoms with van der Waals surface area (Å²) < 4.78 is 68.1. The van der Waals surface area contributed by atoms with Crippen LogP contribution in [0.25, 0.3) is 0 Å². The molecule has 0 heterocycles. The van der Waals surface area contributed by atoms with Crippen molar-refractivity contribution in [1.82, 2.24) is 0 Å². The summed E-state index contributed by atoms with van der Waals surface area (Å²) in [5.74, 6) is 0.844. The van der Waals surface area contributed by atoms with Gasteiger partial charge in [-0.25, -0.2) is 9.13 Å². The molecule has 19 heteroatoms. The number of ether oxygens (including phenoxy) is 4. The minimum atomic E-state index is -4.95. The number of hydrogen-bond donors (Lipinski definition) is 3. The standard InChI is InChI=1S/C67H130O17P2/c1-9-59(7)45-37-29-21-17-18-24-34-42-50-67(72)84-62(53-77-64(69)47-39-31-22-15-11-13-19-27-35-43-57(3)4)55-81-85(73,74)79-51-61(68)52-80-86(75,76)82-56-63(54-78-65(70)48-40-32-26-25-30-38-46-60(8)10-2)83-66(71)49-41-33-23-16-12-14-20-28-36-44-58(5)6/h57-63,68H,9-56H2,1-8H3,(H,73,74)(H,75,76)/t59?,60?,61-,62-,63-/m1/s1. The largest absolute Gasteiger partial charge is 0.472 e. The molecule has 0 saturated carbocycles. The van der Waals surface area contributed by atoms with E-state index in [1.54, 1.807) is 0 Å². The molecule has 0 radical (unpaired) electrons. The van der Waals surface area contributed by atoms with Gasteiger partial charge in [-0.15, -0.1) is 0 Å². The van der Waals surface area contributed by atoms with Crippen molar-refractivity contribution < 1.29 is 80.2 Å². The Morgan fingerprint density at radius 1 is 0.326 bits per heavy atom. The van der Waals surface area contributed by atoms with Gasteiger partial charge in [-0.05, 0) is 49.4 Å². The third-order valence-electron chi connectivity index (χ3n) is 16.0. The van der Waals surface area contributed by atoms with Crippen LogP contribution >= 0.6 is 15.6 Å². The van der Waals surface area contributed by atoms with Gasteiger partial charge in [-0.2, -0.15) is 0 Å². The Morgan fingerprint density at radius 3 is 0.826 bits per heavy atom. The van der Waals surface area contributed by atoms with Crippen molar-refractivity contribution in [2.75, 3.05) is 39.6 Å². The number of phosphoric ester groups is 2. The van der Waals surface area contributed by atoms with Crippen LogP contribution in [0.1, 0.15) is 325 Å². The first kappa shape index (κ1) is 84.1. The van der Waals surface area contributed by atoms with E-state index in [-0.39, 0.29) is 25.7 Å². The maximum atomic E-state index is 13.0. The van der Waals surface area contributed by atoms with Gasteiger partial charge in [-0.3, -0.25) is 37.3 Å². The van der Waals surface area contributed by atoms with E-state index in [9.17, 15) is 43.2 Å². The molecular formula is C67H130O17P2. The van der Waals surface area contributed by atoms with Crippen LogP contribution in [-0.4, -0.2) is 96.7 Å². The van der Waals surface area contributed by atoms with E-state index in [1.165, 1.54) is 122 Å². The summed E-state index contributed by atoms with van der Waals surface area (Å²) in [7, 11) is -9.90. The number of phosphoric acid groups is 2. The highest BCUT2D eigenvalue weighted by Crippen LogP contribution is 2.45. The van der Waals surface area contributed by atoms with Gasteiger partial charge in [0.15, 0.2) is 12.2 Å². The van der Waals surface area contributed by atoms with E-state index >= 15 is 0 Å². The maximum absolute atomic E-state index is 13.0. The summed E-state index contributed by atoms with van der Waals surface area (Å²) in [6, 6.07) is 0. The van der Waals surface area contributed by atoms with Crippen LogP contribution in [0.15, 0.2) is 0 Å². The third-order valence-corrected chi connectivity index (χ3v) is 17.9. The Labute approximate surface area is 524 Å². The van der Waals surface area contributed by atoms with Crippen LogP contribution in [0.2, 0.25) is 0 Å². The van der Waals surface area contributed by atoms with Crippen molar-refractivity contribution in [2.45, 2.75) is 343 Å². The Bertz CT molecular complexity index is 1720.